The molecule has 0 spiro atoms. The first-order valence-corrected chi connectivity index (χ1v) is 8.68. The number of fused-ring (bicyclic) bond motifs is 1. The van der Waals surface area contributed by atoms with Crippen LogP contribution >= 0.6 is 11.6 Å². The van der Waals surface area contributed by atoms with Gasteiger partial charge in [0.1, 0.15) is 0 Å². The van der Waals surface area contributed by atoms with E-state index in [2.05, 4.69) is 20.3 Å². The fraction of sp³-hybridized carbons (Fsp3) is 0.105. The summed E-state index contributed by atoms with van der Waals surface area (Å²) in [6, 6.07) is 12.5. The van der Waals surface area contributed by atoms with Crippen molar-refractivity contribution in [3.63, 3.8) is 0 Å². The summed E-state index contributed by atoms with van der Waals surface area (Å²) < 4.78 is 5.69. The molecule has 4 rings (SSSR count). The molecule has 0 atom stereocenters. The zero-order chi connectivity index (χ0) is 18.8. The summed E-state index contributed by atoms with van der Waals surface area (Å²) in [6.45, 7) is 0. The number of halogens is 1. The molecule has 8 heteroatoms. The lowest BCUT2D eigenvalue weighted by molar-refractivity contribution is -0.116. The number of carbonyl (C=O) groups excluding carboxylic acids is 1. The Morgan fingerprint density at radius 3 is 2.81 bits per heavy atom. The number of aryl methyl sites for hydroxylation is 1. The Morgan fingerprint density at radius 2 is 1.96 bits per heavy atom. The van der Waals surface area contributed by atoms with E-state index in [0.29, 0.717) is 39.8 Å². The standard InChI is InChI=1S/C19H15ClN4O3/c20-13-4-2-1-3-12(13)16-10-21-18(27-16)8-7-17(25)22-11-5-6-14-15(9-11)24-19(26)23-14/h1-6,9-10H,7-8H2,(H,22,25)(H2,23,24,26). The zero-order valence-electron chi connectivity index (χ0n) is 14.1. The average molecular weight is 383 g/mol. The van der Waals surface area contributed by atoms with Gasteiger partial charge in [0, 0.05) is 24.1 Å². The van der Waals surface area contributed by atoms with Crippen molar-refractivity contribution >= 4 is 34.2 Å². The van der Waals surface area contributed by atoms with Crippen molar-refractivity contribution in [1.82, 2.24) is 15.0 Å². The summed E-state index contributed by atoms with van der Waals surface area (Å²) in [7, 11) is 0. The highest BCUT2D eigenvalue weighted by Crippen LogP contribution is 2.28. The summed E-state index contributed by atoms with van der Waals surface area (Å²) >= 11 is 6.15. The lowest BCUT2D eigenvalue weighted by Crippen LogP contribution is -2.12. The van der Waals surface area contributed by atoms with E-state index in [1.807, 2.05) is 18.2 Å². The van der Waals surface area contributed by atoms with Gasteiger partial charge in [-0.1, -0.05) is 23.7 Å². The Labute approximate surface area is 158 Å². The van der Waals surface area contributed by atoms with Crippen LogP contribution in [0.4, 0.5) is 5.69 Å². The molecule has 4 aromatic rings. The van der Waals surface area contributed by atoms with Crippen LogP contribution in [0.1, 0.15) is 12.3 Å². The van der Waals surface area contributed by atoms with Crippen molar-refractivity contribution < 1.29 is 9.21 Å². The molecule has 0 saturated heterocycles. The number of anilines is 1. The maximum Gasteiger partial charge on any atom is 0.323 e. The van der Waals surface area contributed by atoms with Crippen molar-refractivity contribution in [3.8, 4) is 11.3 Å². The quantitative estimate of drug-likeness (QED) is 0.489. The number of benzene rings is 2. The third-order valence-corrected chi connectivity index (χ3v) is 4.39. The first-order valence-electron chi connectivity index (χ1n) is 8.30. The number of hydrogen-bond donors (Lipinski definition) is 3. The lowest BCUT2D eigenvalue weighted by atomic mass is 10.2. The number of hydrogen-bond acceptors (Lipinski definition) is 4. The van der Waals surface area contributed by atoms with E-state index in [-0.39, 0.29) is 18.0 Å². The van der Waals surface area contributed by atoms with Gasteiger partial charge in [-0.05, 0) is 30.3 Å². The van der Waals surface area contributed by atoms with E-state index in [0.717, 1.165) is 5.56 Å². The van der Waals surface area contributed by atoms with Gasteiger partial charge in [0.15, 0.2) is 11.7 Å². The van der Waals surface area contributed by atoms with E-state index < -0.39 is 0 Å². The highest BCUT2D eigenvalue weighted by molar-refractivity contribution is 6.33. The summed E-state index contributed by atoms with van der Waals surface area (Å²) in [5, 5.41) is 3.38. The number of oxazole rings is 1. The molecule has 0 aliphatic carbocycles. The van der Waals surface area contributed by atoms with Gasteiger partial charge in [0.05, 0.1) is 22.3 Å². The Morgan fingerprint density at radius 1 is 1.15 bits per heavy atom. The van der Waals surface area contributed by atoms with Crippen LogP contribution in [0.2, 0.25) is 5.02 Å². The first-order chi connectivity index (χ1) is 13.1. The van der Waals surface area contributed by atoms with E-state index in [1.54, 1.807) is 30.5 Å². The molecule has 0 bridgehead atoms. The molecule has 2 heterocycles. The van der Waals surface area contributed by atoms with Crippen LogP contribution in [-0.4, -0.2) is 20.9 Å². The van der Waals surface area contributed by atoms with Crippen molar-refractivity contribution in [1.29, 1.82) is 0 Å². The van der Waals surface area contributed by atoms with Crippen molar-refractivity contribution in [2.75, 3.05) is 5.32 Å². The number of nitrogens with zero attached hydrogens (tertiary/aromatic N) is 1. The molecule has 2 aromatic heterocycles. The van der Waals surface area contributed by atoms with E-state index >= 15 is 0 Å². The molecule has 2 aromatic carbocycles. The van der Waals surface area contributed by atoms with Gasteiger partial charge in [0.2, 0.25) is 5.91 Å². The number of carbonyl (C=O) groups is 1. The number of imidazole rings is 1. The van der Waals surface area contributed by atoms with Gasteiger partial charge in [-0.3, -0.25) is 4.79 Å². The topological polar surface area (TPSA) is 104 Å². The Kier molecular flexibility index (Phi) is 4.52. The third-order valence-electron chi connectivity index (χ3n) is 4.06. The van der Waals surface area contributed by atoms with Crippen LogP contribution in [0.5, 0.6) is 0 Å². The van der Waals surface area contributed by atoms with Crippen molar-refractivity contribution in [2.24, 2.45) is 0 Å². The molecule has 1 amide bonds. The molecule has 0 radical (unpaired) electrons. The van der Waals surface area contributed by atoms with Gasteiger partial charge in [-0.25, -0.2) is 9.78 Å². The number of rotatable bonds is 5. The first kappa shape index (κ1) is 17.1. The fourth-order valence-electron chi connectivity index (χ4n) is 2.77. The maximum absolute atomic E-state index is 12.2. The second-order valence-corrected chi connectivity index (χ2v) is 6.39. The van der Waals surface area contributed by atoms with Crippen molar-refractivity contribution in [2.45, 2.75) is 12.8 Å². The number of nitrogens with one attached hydrogen (secondary N) is 3. The largest absolute Gasteiger partial charge is 0.441 e. The van der Waals surface area contributed by atoms with Gasteiger partial charge in [-0.15, -0.1) is 0 Å². The Hall–Kier alpha value is -3.32. The lowest BCUT2D eigenvalue weighted by Gasteiger charge is -2.04. The number of aromatic nitrogens is 3. The van der Waals surface area contributed by atoms with Gasteiger partial charge in [0.25, 0.3) is 0 Å². The minimum Gasteiger partial charge on any atom is -0.441 e. The minimum absolute atomic E-state index is 0.176. The molecule has 0 aliphatic heterocycles. The number of H-pyrrole nitrogens is 2. The molecule has 136 valence electrons. The van der Waals surface area contributed by atoms with Crippen LogP contribution in [-0.2, 0) is 11.2 Å². The predicted molar refractivity (Wildman–Crippen MR) is 103 cm³/mol. The molecule has 3 N–H and O–H groups in total. The minimum atomic E-state index is -0.285. The van der Waals surface area contributed by atoms with Crippen LogP contribution < -0.4 is 11.0 Å². The van der Waals surface area contributed by atoms with Gasteiger partial charge < -0.3 is 19.7 Å². The van der Waals surface area contributed by atoms with E-state index in [9.17, 15) is 9.59 Å². The van der Waals surface area contributed by atoms with Gasteiger partial charge in [-0.2, -0.15) is 0 Å². The maximum atomic E-state index is 12.2. The normalized spacial score (nSPS) is 11.0. The molecular weight excluding hydrogens is 368 g/mol. The van der Waals surface area contributed by atoms with E-state index in [4.69, 9.17) is 16.0 Å². The zero-order valence-corrected chi connectivity index (χ0v) is 14.8. The second-order valence-electron chi connectivity index (χ2n) is 5.99. The molecule has 0 unspecified atom stereocenters. The molecule has 27 heavy (non-hydrogen) atoms. The van der Waals surface area contributed by atoms with Crippen LogP contribution in [0.25, 0.3) is 22.4 Å². The third kappa shape index (κ3) is 3.78. The molecular formula is C19H15ClN4O3. The Bertz CT molecular complexity index is 1170. The summed E-state index contributed by atoms with van der Waals surface area (Å²) in [6.07, 6.45) is 2.17. The van der Waals surface area contributed by atoms with Crippen LogP contribution in [0.15, 0.2) is 57.9 Å². The Balaban J connectivity index is 1.39. The predicted octanol–water partition coefficient (Wildman–Crippen LogP) is 3.74. The molecule has 0 aliphatic rings. The van der Waals surface area contributed by atoms with E-state index in [1.165, 1.54) is 0 Å². The highest BCUT2D eigenvalue weighted by Gasteiger charge is 2.11. The fourth-order valence-corrected chi connectivity index (χ4v) is 2.99. The van der Waals surface area contributed by atoms with Crippen molar-refractivity contribution in [3.05, 3.63) is 70.1 Å². The SMILES string of the molecule is O=C(CCc1ncc(-c2ccccc2Cl)o1)Nc1ccc2[nH]c(=O)[nH]c2c1. The van der Waals surface area contributed by atoms with Gasteiger partial charge >= 0.3 is 5.69 Å². The molecule has 0 saturated carbocycles. The monoisotopic (exact) mass is 382 g/mol. The average Bonchev–Trinajstić information content (AvgIpc) is 3.25. The summed E-state index contributed by atoms with van der Waals surface area (Å²) in [5.74, 6) is 0.855. The number of amides is 1. The molecule has 7 nitrogen and oxygen atoms in total. The highest BCUT2D eigenvalue weighted by atomic mass is 35.5. The molecule has 0 fully saturated rings. The summed E-state index contributed by atoms with van der Waals surface area (Å²) in [4.78, 5) is 33.0. The second kappa shape index (κ2) is 7.13. The summed E-state index contributed by atoms with van der Waals surface area (Å²) in [5.41, 5.74) is 2.40. The van der Waals surface area contributed by atoms with Crippen LogP contribution in [0.3, 0.4) is 0 Å². The van der Waals surface area contributed by atoms with Crippen LogP contribution in [0, 0.1) is 0 Å². The smallest absolute Gasteiger partial charge is 0.323 e. The number of aromatic amines is 2.